The lowest BCUT2D eigenvalue weighted by Crippen LogP contribution is -2.01. The molecule has 0 aliphatic carbocycles. The van der Waals surface area contributed by atoms with Crippen molar-refractivity contribution < 1.29 is 0 Å². The molecule has 0 aliphatic rings. The Balaban J connectivity index is 0. The van der Waals surface area contributed by atoms with E-state index in [1.165, 1.54) is 6.42 Å². The van der Waals surface area contributed by atoms with Crippen molar-refractivity contribution in [2.24, 2.45) is 22.1 Å². The quantitative estimate of drug-likeness (QED) is 0.198. The third-order valence-electron chi connectivity index (χ3n) is 0.712. The van der Waals surface area contributed by atoms with Crippen molar-refractivity contribution in [2.45, 2.75) is 34.1 Å². The summed E-state index contributed by atoms with van der Waals surface area (Å²) < 4.78 is 0. The average Bonchev–Trinajstić information content (AvgIpc) is 1.90. The second-order valence-corrected chi connectivity index (χ2v) is 2.46. The summed E-state index contributed by atoms with van der Waals surface area (Å²) in [5, 5.41) is 13.3. The summed E-state index contributed by atoms with van der Waals surface area (Å²) in [6, 6.07) is 0. The zero-order chi connectivity index (χ0) is 9.28. The maximum absolute atomic E-state index is 7.00. The fourth-order valence-corrected chi connectivity index (χ4v) is 0.178. The van der Waals surface area contributed by atoms with Crippen LogP contribution in [0.4, 0.5) is 0 Å². The van der Waals surface area contributed by atoms with Crippen molar-refractivity contribution in [3.8, 4) is 0 Å². The zero-order valence-corrected chi connectivity index (χ0v) is 7.76. The van der Waals surface area contributed by atoms with Crippen LogP contribution in [0.2, 0.25) is 0 Å². The second kappa shape index (κ2) is 9.07. The van der Waals surface area contributed by atoms with E-state index in [0.29, 0.717) is 0 Å². The molecule has 0 heterocycles. The second-order valence-electron chi connectivity index (χ2n) is 2.46. The standard InChI is InChI=1S/C4H10N4.C3H8/c1-3(2)4(5)7-8-6;1-3-2/h3H,1-2H3,(H3,5,6,7);3H2,1-2H3. The number of nitrogens with two attached hydrogens (primary N) is 1. The summed E-state index contributed by atoms with van der Waals surface area (Å²) in [6.45, 7) is 7.97. The number of rotatable bonds is 1. The number of nitrogens with one attached hydrogen (secondary N) is 1. The van der Waals surface area contributed by atoms with Gasteiger partial charge in [0.2, 0.25) is 0 Å². The van der Waals surface area contributed by atoms with Gasteiger partial charge in [-0.1, -0.05) is 39.3 Å². The van der Waals surface area contributed by atoms with Gasteiger partial charge in [0.15, 0.2) is 0 Å². The summed E-state index contributed by atoms with van der Waals surface area (Å²) >= 11 is 0. The summed E-state index contributed by atoms with van der Waals surface area (Å²) in [5.74, 6) is 5.01. The minimum atomic E-state index is 0.113. The highest BCUT2D eigenvalue weighted by molar-refractivity contribution is 5.80. The van der Waals surface area contributed by atoms with Gasteiger partial charge in [-0.2, -0.15) is 0 Å². The molecule has 0 fully saturated rings. The first kappa shape index (κ1) is 12.7. The van der Waals surface area contributed by atoms with Crippen LogP contribution in [-0.4, -0.2) is 5.84 Å². The topological polar surface area (TPSA) is 74.6 Å². The summed E-state index contributed by atoms with van der Waals surface area (Å²) in [7, 11) is 0. The zero-order valence-electron chi connectivity index (χ0n) is 7.76. The van der Waals surface area contributed by atoms with Crippen LogP contribution < -0.4 is 5.84 Å². The molecule has 0 amide bonds. The van der Waals surface area contributed by atoms with Gasteiger partial charge in [0.25, 0.3) is 0 Å². The molecule has 66 valence electrons. The first-order valence-corrected chi connectivity index (χ1v) is 3.79. The fourth-order valence-electron chi connectivity index (χ4n) is 0.178. The molecule has 0 radical (unpaired) electrons. The van der Waals surface area contributed by atoms with Crippen LogP contribution in [0.25, 0.3) is 0 Å². The molecule has 4 heteroatoms. The molecule has 0 rings (SSSR count). The van der Waals surface area contributed by atoms with E-state index in [1.54, 1.807) is 0 Å². The molecule has 0 unspecified atom stereocenters. The SMILES string of the molecule is CC(C)C(=N)N=NN.CCC. The minimum Gasteiger partial charge on any atom is -0.305 e. The molecule has 0 saturated carbocycles. The molecular formula is C7H18N4. The van der Waals surface area contributed by atoms with E-state index in [9.17, 15) is 0 Å². The Hall–Kier alpha value is -0.930. The predicted octanol–water partition coefficient (Wildman–Crippen LogP) is 2.36. The van der Waals surface area contributed by atoms with Crippen LogP contribution in [0.15, 0.2) is 10.3 Å². The van der Waals surface area contributed by atoms with E-state index >= 15 is 0 Å². The van der Waals surface area contributed by atoms with E-state index in [1.807, 2.05) is 13.8 Å². The van der Waals surface area contributed by atoms with Crippen molar-refractivity contribution in [3.05, 3.63) is 0 Å². The van der Waals surface area contributed by atoms with Crippen molar-refractivity contribution >= 4 is 5.84 Å². The normalized spacial score (nSPS) is 9.55. The smallest absolute Gasteiger partial charge is 0.147 e. The number of hydrogen-bond donors (Lipinski definition) is 2. The van der Waals surface area contributed by atoms with Crippen molar-refractivity contribution in [1.82, 2.24) is 0 Å². The summed E-state index contributed by atoms with van der Waals surface area (Å²) in [4.78, 5) is 0. The Bertz CT molecular complexity index is 118. The van der Waals surface area contributed by atoms with Crippen LogP contribution in [0.5, 0.6) is 0 Å². The average molecular weight is 158 g/mol. The van der Waals surface area contributed by atoms with Gasteiger partial charge in [-0.05, 0) is 0 Å². The molecular weight excluding hydrogens is 140 g/mol. The highest BCUT2D eigenvalue weighted by Gasteiger charge is 1.97. The fraction of sp³-hybridized carbons (Fsp3) is 0.857. The number of hydrogen-bond acceptors (Lipinski definition) is 2. The molecule has 0 spiro atoms. The first-order valence-electron chi connectivity index (χ1n) is 3.79. The van der Waals surface area contributed by atoms with E-state index in [0.717, 1.165) is 0 Å². The molecule has 3 N–H and O–H groups in total. The molecule has 0 bridgehead atoms. The van der Waals surface area contributed by atoms with E-state index in [2.05, 4.69) is 30.0 Å². The molecule has 0 aromatic heterocycles. The van der Waals surface area contributed by atoms with E-state index in [-0.39, 0.29) is 11.8 Å². The van der Waals surface area contributed by atoms with Crippen molar-refractivity contribution in [3.63, 3.8) is 0 Å². The molecule has 0 aliphatic heterocycles. The molecule has 0 aromatic carbocycles. The van der Waals surface area contributed by atoms with Gasteiger partial charge in [-0.3, -0.25) is 5.41 Å². The maximum Gasteiger partial charge on any atom is 0.147 e. The van der Waals surface area contributed by atoms with Gasteiger partial charge in [0, 0.05) is 5.92 Å². The van der Waals surface area contributed by atoms with Crippen LogP contribution in [0, 0.1) is 11.3 Å². The summed E-state index contributed by atoms with van der Waals surface area (Å²) in [6.07, 6.45) is 1.25. The highest BCUT2D eigenvalue weighted by Crippen LogP contribution is 1.94. The minimum absolute atomic E-state index is 0.113. The van der Waals surface area contributed by atoms with Gasteiger partial charge in [0.05, 0.1) is 0 Å². The van der Waals surface area contributed by atoms with Gasteiger partial charge in [-0.25, -0.2) is 0 Å². The third-order valence-corrected chi connectivity index (χ3v) is 0.712. The third kappa shape index (κ3) is 12.3. The Morgan fingerprint density at radius 1 is 1.45 bits per heavy atom. The Morgan fingerprint density at radius 2 is 1.82 bits per heavy atom. The molecule has 0 aromatic rings. The largest absolute Gasteiger partial charge is 0.305 e. The summed E-state index contributed by atoms with van der Waals surface area (Å²) in [5.41, 5.74) is 0. The van der Waals surface area contributed by atoms with Gasteiger partial charge >= 0.3 is 0 Å². The van der Waals surface area contributed by atoms with Crippen LogP contribution in [-0.2, 0) is 0 Å². The van der Waals surface area contributed by atoms with Gasteiger partial charge in [0.1, 0.15) is 5.84 Å². The highest BCUT2D eigenvalue weighted by atomic mass is 15.3. The predicted molar refractivity (Wildman–Crippen MR) is 47.6 cm³/mol. The maximum atomic E-state index is 7.00. The Labute approximate surface area is 68.4 Å². The first-order chi connectivity index (χ1) is 5.09. The molecule has 4 nitrogen and oxygen atoms in total. The van der Waals surface area contributed by atoms with Crippen molar-refractivity contribution in [1.29, 1.82) is 5.41 Å². The van der Waals surface area contributed by atoms with E-state index < -0.39 is 0 Å². The van der Waals surface area contributed by atoms with Crippen LogP contribution in [0.3, 0.4) is 0 Å². The van der Waals surface area contributed by atoms with Crippen molar-refractivity contribution in [2.75, 3.05) is 0 Å². The Kier molecular flexibility index (Phi) is 10.5. The lowest BCUT2D eigenvalue weighted by Gasteiger charge is -1.95. The lowest BCUT2D eigenvalue weighted by molar-refractivity contribution is 0.846. The molecule has 0 saturated heterocycles. The number of nitrogens with zero attached hydrogens (tertiary/aromatic N) is 2. The van der Waals surface area contributed by atoms with E-state index in [4.69, 9.17) is 5.41 Å². The monoisotopic (exact) mass is 158 g/mol. The van der Waals surface area contributed by atoms with Gasteiger partial charge < -0.3 is 5.84 Å². The Morgan fingerprint density at radius 3 is 1.91 bits per heavy atom. The number of amidine groups is 1. The van der Waals surface area contributed by atoms with Gasteiger partial charge in [-0.15, -0.1) is 5.11 Å². The lowest BCUT2D eigenvalue weighted by atomic mass is 10.2. The van der Waals surface area contributed by atoms with Crippen LogP contribution >= 0.6 is 0 Å². The molecule has 0 atom stereocenters. The molecule has 11 heavy (non-hydrogen) atoms. The van der Waals surface area contributed by atoms with Crippen LogP contribution in [0.1, 0.15) is 34.1 Å².